The van der Waals surface area contributed by atoms with E-state index in [1.807, 2.05) is 13.8 Å². The van der Waals surface area contributed by atoms with Crippen LogP contribution in [0.5, 0.6) is 0 Å². The molecule has 1 aromatic rings. The van der Waals surface area contributed by atoms with Crippen LogP contribution >= 0.6 is 0 Å². The summed E-state index contributed by atoms with van der Waals surface area (Å²) >= 11 is 0. The lowest BCUT2D eigenvalue weighted by Gasteiger charge is -2.33. The van der Waals surface area contributed by atoms with Gasteiger partial charge >= 0.3 is 6.03 Å². The summed E-state index contributed by atoms with van der Waals surface area (Å²) in [6, 6.07) is -0.315. The number of aromatic nitrogens is 2. The van der Waals surface area contributed by atoms with E-state index in [0.717, 1.165) is 18.7 Å². The van der Waals surface area contributed by atoms with Crippen LogP contribution in [0, 0.1) is 0 Å². The number of amides is 2. The second-order valence-corrected chi connectivity index (χ2v) is 6.61. The van der Waals surface area contributed by atoms with Crippen LogP contribution in [0.1, 0.15) is 69.6 Å². The fraction of sp³-hybridized carbons (Fsp3) is 0.812. The van der Waals surface area contributed by atoms with Gasteiger partial charge in [0.1, 0.15) is 6.04 Å². The van der Waals surface area contributed by atoms with Crippen LogP contribution < -0.4 is 5.32 Å². The number of carbonyl (C=O) groups is 1. The summed E-state index contributed by atoms with van der Waals surface area (Å²) in [5, 5.41) is 7.07. The van der Waals surface area contributed by atoms with Crippen molar-refractivity contribution < 1.29 is 14.1 Å². The molecule has 23 heavy (non-hydrogen) atoms. The predicted molar refractivity (Wildman–Crippen MR) is 84.1 cm³/mol. The maximum absolute atomic E-state index is 12.4. The van der Waals surface area contributed by atoms with Crippen LogP contribution in [0.2, 0.25) is 0 Å². The zero-order valence-corrected chi connectivity index (χ0v) is 14.0. The first-order valence-electron chi connectivity index (χ1n) is 8.63. The fourth-order valence-electron chi connectivity index (χ4n) is 3.31. The Morgan fingerprint density at radius 2 is 2.13 bits per heavy atom. The topological polar surface area (TPSA) is 80.5 Å². The Bertz CT molecular complexity index is 527. The zero-order chi connectivity index (χ0) is 16.2. The van der Waals surface area contributed by atoms with Gasteiger partial charge in [-0.2, -0.15) is 4.98 Å². The summed E-state index contributed by atoms with van der Waals surface area (Å²) in [7, 11) is 0. The standard InChI is InChI=1S/C16H26N4O3/c1-11-10-22-9-8-20(11)16(21)17-12(2)15-18-14(19-23-15)13-6-4-3-5-7-13/h11-13H,3-10H2,1-2H3,(H,17,21)/t11-,12-/m1/s1. The normalized spacial score (nSPS) is 24.4. The predicted octanol–water partition coefficient (Wildman–Crippen LogP) is 2.61. The SMILES string of the molecule is C[C@@H]1COCCN1C(=O)N[C@H](C)c1nc(C2CCCCC2)no1. The monoisotopic (exact) mass is 322 g/mol. The van der Waals surface area contributed by atoms with Crippen LogP contribution in [-0.2, 0) is 4.74 Å². The molecule has 1 saturated carbocycles. The first-order valence-corrected chi connectivity index (χ1v) is 8.63. The quantitative estimate of drug-likeness (QED) is 0.925. The Kier molecular flexibility index (Phi) is 5.15. The van der Waals surface area contributed by atoms with Crippen molar-refractivity contribution >= 4 is 6.03 Å². The molecule has 2 heterocycles. The third kappa shape index (κ3) is 3.83. The largest absolute Gasteiger partial charge is 0.377 e. The van der Waals surface area contributed by atoms with Gasteiger partial charge in [0.2, 0.25) is 5.89 Å². The lowest BCUT2D eigenvalue weighted by molar-refractivity contribution is 0.0183. The van der Waals surface area contributed by atoms with Crippen LogP contribution in [0.25, 0.3) is 0 Å². The van der Waals surface area contributed by atoms with Gasteiger partial charge in [0.05, 0.1) is 19.3 Å². The van der Waals surface area contributed by atoms with Crippen molar-refractivity contribution in [2.45, 2.75) is 64.0 Å². The van der Waals surface area contributed by atoms with E-state index in [4.69, 9.17) is 9.26 Å². The Morgan fingerprint density at radius 1 is 1.35 bits per heavy atom. The summed E-state index contributed by atoms with van der Waals surface area (Å²) in [4.78, 5) is 18.7. The van der Waals surface area contributed by atoms with E-state index < -0.39 is 0 Å². The van der Waals surface area contributed by atoms with Crippen molar-refractivity contribution in [3.8, 4) is 0 Å². The van der Waals surface area contributed by atoms with Gasteiger partial charge in [0.25, 0.3) is 0 Å². The molecule has 0 radical (unpaired) electrons. The van der Waals surface area contributed by atoms with Crippen molar-refractivity contribution in [2.24, 2.45) is 0 Å². The summed E-state index contributed by atoms with van der Waals surface area (Å²) in [5.41, 5.74) is 0. The lowest BCUT2D eigenvalue weighted by atomic mass is 9.89. The van der Waals surface area contributed by atoms with E-state index in [1.165, 1.54) is 19.3 Å². The number of morpholine rings is 1. The molecule has 0 unspecified atom stereocenters. The summed E-state index contributed by atoms with van der Waals surface area (Å²) in [5.74, 6) is 1.68. The molecule has 1 aliphatic carbocycles. The van der Waals surface area contributed by atoms with Gasteiger partial charge in [-0.25, -0.2) is 4.79 Å². The van der Waals surface area contributed by atoms with E-state index >= 15 is 0 Å². The van der Waals surface area contributed by atoms with Crippen molar-refractivity contribution in [3.05, 3.63) is 11.7 Å². The van der Waals surface area contributed by atoms with Crippen molar-refractivity contribution in [2.75, 3.05) is 19.8 Å². The fourth-order valence-corrected chi connectivity index (χ4v) is 3.31. The van der Waals surface area contributed by atoms with Gasteiger partial charge in [-0.05, 0) is 26.7 Å². The molecule has 2 amide bonds. The molecule has 3 rings (SSSR count). The third-order valence-electron chi connectivity index (χ3n) is 4.77. The number of carbonyl (C=O) groups excluding carboxylic acids is 1. The molecular weight excluding hydrogens is 296 g/mol. The average molecular weight is 322 g/mol. The summed E-state index contributed by atoms with van der Waals surface area (Å²) < 4.78 is 10.7. The van der Waals surface area contributed by atoms with E-state index in [1.54, 1.807) is 4.90 Å². The molecule has 0 bridgehead atoms. The number of hydrogen-bond acceptors (Lipinski definition) is 5. The molecule has 2 fully saturated rings. The van der Waals surface area contributed by atoms with Crippen LogP contribution in [0.4, 0.5) is 4.79 Å². The van der Waals surface area contributed by atoms with Gasteiger partial charge in [-0.3, -0.25) is 0 Å². The van der Waals surface area contributed by atoms with E-state index in [2.05, 4.69) is 15.5 Å². The second kappa shape index (κ2) is 7.29. The first-order chi connectivity index (χ1) is 11.1. The average Bonchev–Trinajstić information content (AvgIpc) is 3.06. The van der Waals surface area contributed by atoms with Crippen molar-refractivity contribution in [3.63, 3.8) is 0 Å². The van der Waals surface area contributed by atoms with Crippen LogP contribution in [0.3, 0.4) is 0 Å². The number of urea groups is 1. The van der Waals surface area contributed by atoms with E-state index in [9.17, 15) is 4.79 Å². The van der Waals surface area contributed by atoms with E-state index in [0.29, 0.717) is 31.6 Å². The van der Waals surface area contributed by atoms with E-state index in [-0.39, 0.29) is 18.1 Å². The minimum Gasteiger partial charge on any atom is -0.377 e. The maximum atomic E-state index is 12.4. The minimum atomic E-state index is -0.289. The summed E-state index contributed by atoms with van der Waals surface area (Å²) in [6.45, 7) is 5.63. The zero-order valence-electron chi connectivity index (χ0n) is 14.0. The molecule has 2 atom stereocenters. The molecule has 128 valence electrons. The highest BCUT2D eigenvalue weighted by Gasteiger charge is 2.27. The van der Waals surface area contributed by atoms with Gasteiger partial charge in [0, 0.05) is 12.5 Å². The number of nitrogens with one attached hydrogen (secondary N) is 1. The van der Waals surface area contributed by atoms with Gasteiger partial charge in [-0.15, -0.1) is 0 Å². The molecule has 1 aliphatic heterocycles. The maximum Gasteiger partial charge on any atom is 0.318 e. The second-order valence-electron chi connectivity index (χ2n) is 6.61. The van der Waals surface area contributed by atoms with Gasteiger partial charge < -0.3 is 19.5 Å². The summed E-state index contributed by atoms with van der Waals surface area (Å²) in [6.07, 6.45) is 6.02. The number of hydrogen-bond donors (Lipinski definition) is 1. The third-order valence-corrected chi connectivity index (χ3v) is 4.77. The Hall–Kier alpha value is -1.63. The molecule has 1 saturated heterocycles. The lowest BCUT2D eigenvalue weighted by Crippen LogP contribution is -2.51. The molecule has 7 nitrogen and oxygen atoms in total. The molecule has 2 aliphatic rings. The van der Waals surface area contributed by atoms with Gasteiger partial charge in [0.15, 0.2) is 5.82 Å². The molecule has 0 aromatic carbocycles. The van der Waals surface area contributed by atoms with Crippen LogP contribution in [-0.4, -0.2) is 46.9 Å². The highest BCUT2D eigenvalue weighted by Crippen LogP contribution is 2.31. The van der Waals surface area contributed by atoms with Gasteiger partial charge in [-0.1, -0.05) is 24.4 Å². The smallest absolute Gasteiger partial charge is 0.318 e. The molecule has 7 heteroatoms. The van der Waals surface area contributed by atoms with Crippen LogP contribution in [0.15, 0.2) is 4.52 Å². The number of ether oxygens (including phenoxy) is 1. The number of nitrogens with zero attached hydrogens (tertiary/aromatic N) is 3. The molecule has 0 spiro atoms. The Morgan fingerprint density at radius 3 is 2.87 bits per heavy atom. The Labute approximate surface area is 136 Å². The highest BCUT2D eigenvalue weighted by molar-refractivity contribution is 5.75. The molecule has 1 N–H and O–H groups in total. The minimum absolute atomic E-state index is 0.0800. The Balaban J connectivity index is 1.58. The number of rotatable bonds is 3. The van der Waals surface area contributed by atoms with Crippen molar-refractivity contribution in [1.82, 2.24) is 20.4 Å². The van der Waals surface area contributed by atoms with Crippen molar-refractivity contribution in [1.29, 1.82) is 0 Å². The highest BCUT2D eigenvalue weighted by atomic mass is 16.5. The molecule has 1 aromatic heterocycles. The molecular formula is C16H26N4O3. The first kappa shape index (κ1) is 16.2.